The Hall–Kier alpha value is -1.30. The number of nitrogens with zero attached hydrogens (tertiary/aromatic N) is 1. The number of carbonyl (C=O) groups is 2. The Labute approximate surface area is 134 Å². The lowest BCUT2D eigenvalue weighted by molar-refractivity contribution is -0.130. The lowest BCUT2D eigenvalue weighted by Gasteiger charge is -2.22. The predicted octanol–water partition coefficient (Wildman–Crippen LogP) is 1.89. The molecule has 1 aliphatic rings. The fraction of sp³-hybridized carbons (Fsp3) is 0.875. The summed E-state index contributed by atoms with van der Waals surface area (Å²) >= 11 is 0. The highest BCUT2D eigenvalue weighted by Crippen LogP contribution is 2.19. The molecule has 6 heteroatoms. The van der Waals surface area contributed by atoms with Crippen LogP contribution in [0, 0.1) is 0 Å². The molecule has 2 N–H and O–H groups in total. The first-order chi connectivity index (χ1) is 10.2. The summed E-state index contributed by atoms with van der Waals surface area (Å²) in [5.74, 6) is 0.133. The molecule has 0 aromatic rings. The van der Waals surface area contributed by atoms with Crippen LogP contribution in [0.5, 0.6) is 0 Å². The molecule has 0 bridgehead atoms. The third-order valence-electron chi connectivity index (χ3n) is 3.81. The topological polar surface area (TPSA) is 70.7 Å². The molecule has 1 saturated carbocycles. The largest absolute Gasteiger partial charge is 0.444 e. The minimum absolute atomic E-state index is 0.121. The first-order valence-corrected chi connectivity index (χ1v) is 8.25. The predicted molar refractivity (Wildman–Crippen MR) is 86.7 cm³/mol. The van der Waals surface area contributed by atoms with Crippen LogP contribution in [0.1, 0.15) is 53.9 Å². The fourth-order valence-electron chi connectivity index (χ4n) is 2.69. The van der Waals surface area contributed by atoms with Crippen LogP contribution in [0.25, 0.3) is 0 Å². The molecule has 1 aliphatic carbocycles. The third-order valence-corrected chi connectivity index (χ3v) is 3.81. The van der Waals surface area contributed by atoms with Crippen LogP contribution < -0.4 is 10.6 Å². The van der Waals surface area contributed by atoms with Crippen molar-refractivity contribution in [2.45, 2.75) is 71.6 Å². The minimum Gasteiger partial charge on any atom is -0.444 e. The Morgan fingerprint density at radius 3 is 2.27 bits per heavy atom. The number of likely N-dealkylation sites (N-methyl/N-ethyl adjacent to an activating group) is 1. The van der Waals surface area contributed by atoms with E-state index in [0.29, 0.717) is 6.54 Å². The van der Waals surface area contributed by atoms with Gasteiger partial charge in [-0.2, -0.15) is 0 Å². The molecule has 6 nitrogen and oxygen atoms in total. The van der Waals surface area contributed by atoms with Crippen LogP contribution in [0.4, 0.5) is 4.79 Å². The maximum Gasteiger partial charge on any atom is 0.407 e. The van der Waals surface area contributed by atoms with Gasteiger partial charge in [0.2, 0.25) is 5.91 Å². The van der Waals surface area contributed by atoms with Crippen LogP contribution in [0.2, 0.25) is 0 Å². The fourth-order valence-corrected chi connectivity index (χ4v) is 2.69. The first-order valence-electron chi connectivity index (χ1n) is 8.25. The van der Waals surface area contributed by atoms with Crippen molar-refractivity contribution < 1.29 is 14.3 Å². The first kappa shape index (κ1) is 18.7. The molecular formula is C16H31N3O3. The molecule has 0 spiro atoms. The molecule has 128 valence electrons. The number of amides is 2. The molecule has 2 atom stereocenters. The van der Waals surface area contributed by atoms with Crippen molar-refractivity contribution in [1.82, 2.24) is 15.5 Å². The summed E-state index contributed by atoms with van der Waals surface area (Å²) in [4.78, 5) is 25.5. The zero-order valence-corrected chi connectivity index (χ0v) is 14.6. The molecule has 22 heavy (non-hydrogen) atoms. The Bertz CT molecular complexity index is 375. The average molecular weight is 313 g/mol. The molecule has 1 fully saturated rings. The second kappa shape index (κ2) is 8.36. The zero-order valence-electron chi connectivity index (χ0n) is 14.6. The Kier molecular flexibility index (Phi) is 7.13. The van der Waals surface area contributed by atoms with Crippen LogP contribution in [-0.4, -0.2) is 54.2 Å². The van der Waals surface area contributed by atoms with E-state index in [1.54, 1.807) is 0 Å². The van der Waals surface area contributed by atoms with E-state index in [-0.39, 0.29) is 24.1 Å². The Balaban J connectivity index is 2.28. The highest BCUT2D eigenvalue weighted by molar-refractivity contribution is 5.78. The number of hydrogen-bond donors (Lipinski definition) is 2. The number of ether oxygens (including phenoxy) is 1. The van der Waals surface area contributed by atoms with Crippen molar-refractivity contribution in [3.8, 4) is 0 Å². The highest BCUT2D eigenvalue weighted by atomic mass is 16.6. The van der Waals surface area contributed by atoms with Gasteiger partial charge in [0.1, 0.15) is 5.60 Å². The molecule has 2 amide bonds. The molecular weight excluding hydrogens is 282 g/mol. The van der Waals surface area contributed by atoms with Crippen molar-refractivity contribution in [2.24, 2.45) is 0 Å². The molecule has 0 radical (unpaired) electrons. The van der Waals surface area contributed by atoms with E-state index in [9.17, 15) is 9.59 Å². The van der Waals surface area contributed by atoms with Gasteiger partial charge in [-0.25, -0.2) is 4.79 Å². The zero-order chi connectivity index (χ0) is 16.8. The van der Waals surface area contributed by atoms with Crippen LogP contribution in [0.15, 0.2) is 0 Å². The summed E-state index contributed by atoms with van der Waals surface area (Å²) in [6, 6.07) is 0.398. The SMILES string of the molecule is CCN(CC)C(=O)CNC1CCC(NC(=O)OC(C)(C)C)C1. The van der Waals surface area contributed by atoms with Crippen LogP contribution in [-0.2, 0) is 9.53 Å². The van der Waals surface area contributed by atoms with Crippen LogP contribution in [0.3, 0.4) is 0 Å². The van der Waals surface area contributed by atoms with Gasteiger partial charge < -0.3 is 20.3 Å². The lowest BCUT2D eigenvalue weighted by Crippen LogP contribution is -2.42. The lowest BCUT2D eigenvalue weighted by atomic mass is 10.2. The van der Waals surface area contributed by atoms with Crippen molar-refractivity contribution in [2.75, 3.05) is 19.6 Å². The molecule has 0 aliphatic heterocycles. The number of carbonyl (C=O) groups excluding carboxylic acids is 2. The molecule has 2 unspecified atom stereocenters. The summed E-state index contributed by atoms with van der Waals surface area (Å²) < 4.78 is 5.26. The van der Waals surface area contributed by atoms with E-state index in [2.05, 4.69) is 10.6 Å². The second-order valence-corrected chi connectivity index (χ2v) is 6.80. The van der Waals surface area contributed by atoms with Gasteiger partial charge in [0.05, 0.1) is 6.54 Å². The summed E-state index contributed by atoms with van der Waals surface area (Å²) in [7, 11) is 0. The van der Waals surface area contributed by atoms with Crippen molar-refractivity contribution in [3.63, 3.8) is 0 Å². The normalized spacial score (nSPS) is 21.5. The highest BCUT2D eigenvalue weighted by Gasteiger charge is 2.27. The molecule has 1 rings (SSSR count). The van der Waals surface area contributed by atoms with E-state index in [1.807, 2.05) is 39.5 Å². The number of alkyl carbamates (subject to hydrolysis) is 1. The maximum absolute atomic E-state index is 12.0. The van der Waals surface area contributed by atoms with E-state index in [1.165, 1.54) is 0 Å². The van der Waals surface area contributed by atoms with Gasteiger partial charge in [0.25, 0.3) is 0 Å². The molecule has 0 aromatic carbocycles. The number of nitrogens with one attached hydrogen (secondary N) is 2. The molecule has 0 aromatic heterocycles. The van der Waals surface area contributed by atoms with E-state index < -0.39 is 5.60 Å². The Morgan fingerprint density at radius 1 is 1.14 bits per heavy atom. The van der Waals surface area contributed by atoms with Crippen molar-refractivity contribution in [3.05, 3.63) is 0 Å². The van der Waals surface area contributed by atoms with Crippen molar-refractivity contribution >= 4 is 12.0 Å². The monoisotopic (exact) mass is 313 g/mol. The summed E-state index contributed by atoms with van der Waals surface area (Å²) in [5, 5.41) is 6.20. The number of rotatable bonds is 6. The summed E-state index contributed by atoms with van der Waals surface area (Å²) in [6.07, 6.45) is 2.35. The Morgan fingerprint density at radius 2 is 1.73 bits per heavy atom. The molecule has 0 heterocycles. The van der Waals surface area contributed by atoms with E-state index in [0.717, 1.165) is 32.4 Å². The smallest absolute Gasteiger partial charge is 0.407 e. The van der Waals surface area contributed by atoms with Gasteiger partial charge in [0, 0.05) is 25.2 Å². The molecule has 0 saturated heterocycles. The second-order valence-electron chi connectivity index (χ2n) is 6.80. The van der Waals surface area contributed by atoms with Gasteiger partial charge in [0.15, 0.2) is 0 Å². The number of hydrogen-bond acceptors (Lipinski definition) is 4. The van der Waals surface area contributed by atoms with E-state index >= 15 is 0 Å². The minimum atomic E-state index is -0.476. The maximum atomic E-state index is 12.0. The standard InChI is InChI=1S/C16H31N3O3/c1-6-19(7-2)14(20)11-17-12-8-9-13(10-12)18-15(21)22-16(3,4)5/h12-13,17H,6-11H2,1-5H3,(H,18,21). The quantitative estimate of drug-likeness (QED) is 0.785. The van der Waals surface area contributed by atoms with Gasteiger partial charge >= 0.3 is 6.09 Å². The van der Waals surface area contributed by atoms with E-state index in [4.69, 9.17) is 4.74 Å². The summed E-state index contributed by atoms with van der Waals surface area (Å²) in [6.45, 7) is 11.4. The van der Waals surface area contributed by atoms with Gasteiger partial charge in [-0.05, 0) is 53.9 Å². The van der Waals surface area contributed by atoms with Gasteiger partial charge in [-0.1, -0.05) is 0 Å². The third kappa shape index (κ3) is 6.64. The van der Waals surface area contributed by atoms with Gasteiger partial charge in [-0.3, -0.25) is 4.79 Å². The summed E-state index contributed by atoms with van der Waals surface area (Å²) in [5.41, 5.74) is -0.476. The average Bonchev–Trinajstić information content (AvgIpc) is 2.83. The van der Waals surface area contributed by atoms with Gasteiger partial charge in [-0.15, -0.1) is 0 Å². The van der Waals surface area contributed by atoms with Crippen molar-refractivity contribution in [1.29, 1.82) is 0 Å². The van der Waals surface area contributed by atoms with Crippen LogP contribution >= 0.6 is 0 Å².